The van der Waals surface area contributed by atoms with Crippen molar-refractivity contribution in [1.82, 2.24) is 0 Å². The number of carbonyl (C=O) groups is 1. The van der Waals surface area contributed by atoms with E-state index in [1.807, 2.05) is 76.4 Å². The lowest BCUT2D eigenvalue weighted by atomic mass is 10.1. The van der Waals surface area contributed by atoms with E-state index in [0.717, 1.165) is 38.3 Å². The largest absolute Gasteiger partial charge is 0.494 e. The number of carbonyl (C=O) groups excluding carboxylic acids is 1. The molecule has 1 heterocycles. The lowest BCUT2D eigenvalue weighted by molar-refractivity contribution is 0.0998. The third-order valence-electron chi connectivity index (χ3n) is 5.24. The van der Waals surface area contributed by atoms with Gasteiger partial charge in [0.05, 0.1) is 18.0 Å². The van der Waals surface area contributed by atoms with Gasteiger partial charge < -0.3 is 14.5 Å². The number of anilines is 4. The van der Waals surface area contributed by atoms with E-state index in [1.54, 1.807) is 11.8 Å². The number of fused-ring (bicyclic) bond motifs is 2. The summed E-state index contributed by atoms with van der Waals surface area (Å²) in [5.41, 5.74) is 4.64. The molecule has 0 aliphatic carbocycles. The van der Waals surface area contributed by atoms with Crippen LogP contribution in [0, 0.1) is 0 Å². The van der Waals surface area contributed by atoms with Gasteiger partial charge in [-0.1, -0.05) is 11.8 Å². The normalized spacial score (nSPS) is 12.1. The van der Waals surface area contributed by atoms with Gasteiger partial charge in [0.15, 0.2) is 0 Å². The Balaban J connectivity index is 1.81. The molecule has 1 aliphatic rings. The maximum Gasteiger partial charge on any atom is 0.262 e. The zero-order valence-electron chi connectivity index (χ0n) is 18.5. The molecule has 0 atom stereocenters. The molecule has 0 unspecified atom stereocenters. The van der Waals surface area contributed by atoms with Crippen LogP contribution in [0.15, 0.2) is 70.5 Å². The summed E-state index contributed by atoms with van der Waals surface area (Å²) < 4.78 is 5.53. The van der Waals surface area contributed by atoms with Crippen LogP contribution in [0.4, 0.5) is 22.7 Å². The van der Waals surface area contributed by atoms with Crippen LogP contribution in [0.1, 0.15) is 17.3 Å². The molecule has 0 saturated heterocycles. The van der Waals surface area contributed by atoms with Gasteiger partial charge in [-0.3, -0.25) is 9.69 Å². The summed E-state index contributed by atoms with van der Waals surface area (Å²) in [5, 5.41) is 0. The van der Waals surface area contributed by atoms with Gasteiger partial charge in [-0.05, 0) is 67.6 Å². The van der Waals surface area contributed by atoms with Crippen LogP contribution in [0.25, 0.3) is 0 Å². The van der Waals surface area contributed by atoms with Crippen LogP contribution in [-0.2, 0) is 0 Å². The first-order valence-corrected chi connectivity index (χ1v) is 11.1. The molecule has 160 valence electrons. The minimum Gasteiger partial charge on any atom is -0.494 e. The Bertz CT molecular complexity index is 1050. The molecule has 0 N–H and O–H groups in total. The molecule has 0 radical (unpaired) electrons. The molecule has 0 bridgehead atoms. The van der Waals surface area contributed by atoms with Gasteiger partial charge in [-0.15, -0.1) is 0 Å². The predicted octanol–water partition coefficient (Wildman–Crippen LogP) is 5.66. The maximum absolute atomic E-state index is 13.7. The lowest BCUT2D eigenvalue weighted by Crippen LogP contribution is -2.28. The summed E-state index contributed by atoms with van der Waals surface area (Å²) in [7, 11) is 8.10. The van der Waals surface area contributed by atoms with Crippen LogP contribution in [-0.4, -0.2) is 40.7 Å². The zero-order chi connectivity index (χ0) is 22.1. The molecule has 0 spiro atoms. The Morgan fingerprint density at radius 2 is 1.35 bits per heavy atom. The minimum atomic E-state index is -0.0546. The van der Waals surface area contributed by atoms with E-state index >= 15 is 0 Å². The Morgan fingerprint density at radius 1 is 0.839 bits per heavy atom. The van der Waals surface area contributed by atoms with Gasteiger partial charge in [0.2, 0.25) is 0 Å². The number of hydrogen-bond acceptors (Lipinski definition) is 5. The van der Waals surface area contributed by atoms with E-state index in [1.165, 1.54) is 0 Å². The number of benzene rings is 3. The fraction of sp³-hybridized carbons (Fsp3) is 0.240. The summed E-state index contributed by atoms with van der Waals surface area (Å²) in [6.07, 6.45) is 0. The first kappa shape index (κ1) is 21.1. The van der Waals surface area contributed by atoms with Crippen molar-refractivity contribution in [2.24, 2.45) is 0 Å². The van der Waals surface area contributed by atoms with Gasteiger partial charge in [-0.2, -0.15) is 0 Å². The van der Waals surface area contributed by atoms with Crippen LogP contribution < -0.4 is 19.4 Å². The van der Waals surface area contributed by atoms with Gasteiger partial charge in [0.1, 0.15) is 5.75 Å². The van der Waals surface area contributed by atoms with Crippen LogP contribution in [0.2, 0.25) is 0 Å². The Kier molecular flexibility index (Phi) is 5.83. The summed E-state index contributed by atoms with van der Waals surface area (Å²) in [6, 6.07) is 19.8. The topological polar surface area (TPSA) is 36.0 Å². The highest BCUT2D eigenvalue weighted by Gasteiger charge is 2.30. The number of ether oxygens (including phenoxy) is 1. The molecular weight excluding hydrogens is 406 g/mol. The minimum absolute atomic E-state index is 0.0546. The van der Waals surface area contributed by atoms with Crippen LogP contribution in [0.5, 0.6) is 5.75 Å². The van der Waals surface area contributed by atoms with Crippen molar-refractivity contribution in [1.29, 1.82) is 0 Å². The summed E-state index contributed by atoms with van der Waals surface area (Å²) in [4.78, 5) is 21.8. The first-order chi connectivity index (χ1) is 14.9. The highest BCUT2D eigenvalue weighted by atomic mass is 32.2. The van der Waals surface area contributed by atoms with E-state index < -0.39 is 0 Å². The Hall–Kier alpha value is -3.12. The van der Waals surface area contributed by atoms with E-state index in [0.29, 0.717) is 12.2 Å². The number of nitrogens with zero attached hydrogens (tertiary/aromatic N) is 3. The monoisotopic (exact) mass is 433 g/mol. The van der Waals surface area contributed by atoms with Crippen molar-refractivity contribution in [3.8, 4) is 5.75 Å². The Morgan fingerprint density at radius 3 is 1.81 bits per heavy atom. The van der Waals surface area contributed by atoms with E-state index in [2.05, 4.69) is 34.1 Å². The summed E-state index contributed by atoms with van der Waals surface area (Å²) >= 11 is 1.70. The number of amides is 1. The number of hydrogen-bond donors (Lipinski definition) is 0. The fourth-order valence-electron chi connectivity index (χ4n) is 3.55. The quantitative estimate of drug-likeness (QED) is 0.519. The van der Waals surface area contributed by atoms with Gasteiger partial charge >= 0.3 is 0 Å². The summed E-state index contributed by atoms with van der Waals surface area (Å²) in [6.45, 7) is 2.54. The van der Waals surface area contributed by atoms with Crippen molar-refractivity contribution < 1.29 is 9.53 Å². The third kappa shape index (κ3) is 4.08. The van der Waals surface area contributed by atoms with Crippen molar-refractivity contribution >= 4 is 40.4 Å². The van der Waals surface area contributed by atoms with Crippen LogP contribution >= 0.6 is 11.8 Å². The highest BCUT2D eigenvalue weighted by Crippen LogP contribution is 2.50. The third-order valence-corrected chi connectivity index (χ3v) is 6.33. The maximum atomic E-state index is 13.7. The molecule has 0 fully saturated rings. The van der Waals surface area contributed by atoms with Gasteiger partial charge in [0, 0.05) is 54.9 Å². The summed E-state index contributed by atoms with van der Waals surface area (Å²) in [5.74, 6) is 0.710. The second-order valence-electron chi connectivity index (χ2n) is 7.79. The second-order valence-corrected chi connectivity index (χ2v) is 8.88. The predicted molar refractivity (Wildman–Crippen MR) is 130 cm³/mol. The van der Waals surface area contributed by atoms with E-state index in [9.17, 15) is 4.79 Å². The van der Waals surface area contributed by atoms with E-state index in [4.69, 9.17) is 4.74 Å². The van der Waals surface area contributed by atoms with E-state index in [-0.39, 0.29) is 5.91 Å². The van der Waals surface area contributed by atoms with Crippen molar-refractivity contribution in [2.45, 2.75) is 16.7 Å². The van der Waals surface area contributed by atoms with Crippen molar-refractivity contribution in [3.05, 3.63) is 66.2 Å². The molecule has 31 heavy (non-hydrogen) atoms. The smallest absolute Gasteiger partial charge is 0.262 e. The molecule has 3 aromatic carbocycles. The molecule has 6 heteroatoms. The van der Waals surface area contributed by atoms with Crippen molar-refractivity contribution in [3.63, 3.8) is 0 Å². The van der Waals surface area contributed by atoms with Gasteiger partial charge in [-0.25, -0.2) is 0 Å². The SMILES string of the molecule is CCOc1ccc(C(=O)N2c3ccc(N(C)C)cc3Sc3cc(N(C)C)ccc32)cc1. The molecule has 0 saturated carbocycles. The first-order valence-electron chi connectivity index (χ1n) is 10.3. The fourth-order valence-corrected chi connectivity index (χ4v) is 4.68. The molecule has 0 aromatic heterocycles. The number of rotatable bonds is 5. The molecule has 1 aliphatic heterocycles. The average molecular weight is 434 g/mol. The molecule has 3 aromatic rings. The lowest BCUT2D eigenvalue weighted by Gasteiger charge is -2.32. The molecule has 4 rings (SSSR count). The standard InChI is InChI=1S/C25H27N3O2S/c1-6-30-20-11-7-17(8-12-20)25(29)28-21-13-9-18(26(2)3)15-23(21)31-24-16-19(27(4)5)10-14-22(24)28/h7-16H,6H2,1-5H3. The zero-order valence-corrected chi connectivity index (χ0v) is 19.4. The van der Waals surface area contributed by atoms with Crippen molar-refractivity contribution in [2.75, 3.05) is 49.5 Å². The second kappa shape index (κ2) is 8.55. The molecule has 5 nitrogen and oxygen atoms in total. The molecular formula is C25H27N3O2S. The average Bonchev–Trinajstić information content (AvgIpc) is 2.76. The van der Waals surface area contributed by atoms with Crippen LogP contribution in [0.3, 0.4) is 0 Å². The Labute approximate surface area is 188 Å². The van der Waals surface area contributed by atoms with Gasteiger partial charge in [0.25, 0.3) is 5.91 Å². The highest BCUT2D eigenvalue weighted by molar-refractivity contribution is 7.99. The molecule has 1 amide bonds.